The highest BCUT2D eigenvalue weighted by Crippen LogP contribution is 2.47. The summed E-state index contributed by atoms with van der Waals surface area (Å²) in [6, 6.07) is 15.5. The van der Waals surface area contributed by atoms with Crippen LogP contribution < -0.4 is 10.6 Å². The topological polar surface area (TPSA) is 76.7 Å². The third kappa shape index (κ3) is 11.2. The third-order valence-electron chi connectivity index (χ3n) is 12.6. The van der Waals surface area contributed by atoms with Gasteiger partial charge in [-0.1, -0.05) is 101 Å². The molecule has 0 bridgehead atoms. The van der Waals surface area contributed by atoms with Gasteiger partial charge in [0.05, 0.1) is 12.3 Å². The molecule has 0 radical (unpaired) electrons. The zero-order valence-electron chi connectivity index (χ0n) is 33.3. The van der Waals surface area contributed by atoms with Gasteiger partial charge in [-0.25, -0.2) is 0 Å². The standard InChI is InChI=1S/C46H70N2O4/c1-6-7-8-13-18-35(44(50)52-46(4,5)37-26-30-48-31-27-37)19-14-11-9-10-12-17-34-22-23-40-38-20-15-16-21-39(38)42(41(40)32-34)33-43(49)51-45(2,3)36-24-28-47-29-25-36/h15-16,20-23,32,35-37,42,47-48H,6-14,17-19,24-31,33H2,1-5H3. The number of esters is 2. The highest BCUT2D eigenvalue weighted by molar-refractivity contribution is 5.82. The summed E-state index contributed by atoms with van der Waals surface area (Å²) >= 11 is 0. The van der Waals surface area contributed by atoms with Crippen LogP contribution in [0.2, 0.25) is 0 Å². The minimum Gasteiger partial charge on any atom is -0.459 e. The lowest BCUT2D eigenvalue weighted by molar-refractivity contribution is -0.168. The van der Waals surface area contributed by atoms with Crippen molar-refractivity contribution in [3.63, 3.8) is 0 Å². The van der Waals surface area contributed by atoms with Gasteiger partial charge < -0.3 is 20.1 Å². The molecule has 3 aliphatic rings. The molecule has 0 amide bonds. The van der Waals surface area contributed by atoms with Gasteiger partial charge in [0, 0.05) is 17.8 Å². The van der Waals surface area contributed by atoms with Gasteiger partial charge in [-0.05, 0) is 133 Å². The number of aryl methyl sites for hydroxylation is 1. The van der Waals surface area contributed by atoms with E-state index in [1.165, 1.54) is 59.9 Å². The van der Waals surface area contributed by atoms with E-state index in [0.717, 1.165) is 96.8 Å². The van der Waals surface area contributed by atoms with E-state index in [1.807, 2.05) is 0 Å². The number of rotatable bonds is 20. The van der Waals surface area contributed by atoms with Crippen LogP contribution in [0.5, 0.6) is 0 Å². The summed E-state index contributed by atoms with van der Waals surface area (Å²) in [5.74, 6) is 0.827. The first-order valence-electron chi connectivity index (χ1n) is 21.2. The molecule has 2 fully saturated rings. The highest BCUT2D eigenvalue weighted by Gasteiger charge is 2.38. The first kappa shape index (κ1) is 40.5. The van der Waals surface area contributed by atoms with Crippen LogP contribution >= 0.6 is 0 Å². The molecule has 6 heteroatoms. The Balaban J connectivity index is 1.09. The first-order valence-corrected chi connectivity index (χ1v) is 21.2. The number of hydrogen-bond acceptors (Lipinski definition) is 6. The summed E-state index contributed by atoms with van der Waals surface area (Å²) in [7, 11) is 0. The van der Waals surface area contributed by atoms with Crippen molar-refractivity contribution in [1.82, 2.24) is 10.6 Å². The number of ether oxygens (including phenoxy) is 2. The highest BCUT2D eigenvalue weighted by atomic mass is 16.6. The Morgan fingerprint density at radius 2 is 1.25 bits per heavy atom. The minimum absolute atomic E-state index is 0.0224. The number of piperidine rings is 2. The fraction of sp³-hybridized carbons (Fsp3) is 0.696. The second-order valence-electron chi connectivity index (χ2n) is 17.3. The molecule has 6 nitrogen and oxygen atoms in total. The maximum absolute atomic E-state index is 13.5. The summed E-state index contributed by atoms with van der Waals surface area (Å²) in [4.78, 5) is 27.0. The predicted octanol–water partition coefficient (Wildman–Crippen LogP) is 10.3. The molecule has 2 unspecified atom stereocenters. The lowest BCUT2D eigenvalue weighted by atomic mass is 9.83. The second-order valence-corrected chi connectivity index (χ2v) is 17.3. The van der Waals surface area contributed by atoms with E-state index in [2.05, 4.69) is 87.7 Å². The van der Waals surface area contributed by atoms with E-state index < -0.39 is 11.2 Å². The second kappa shape index (κ2) is 19.6. The lowest BCUT2D eigenvalue weighted by Gasteiger charge is -2.37. The number of fused-ring (bicyclic) bond motifs is 3. The van der Waals surface area contributed by atoms with Crippen molar-refractivity contribution in [3.8, 4) is 11.1 Å². The fourth-order valence-corrected chi connectivity index (χ4v) is 9.23. The Bertz CT molecular complexity index is 1420. The average molecular weight is 715 g/mol. The Kier molecular flexibility index (Phi) is 15.2. The molecule has 52 heavy (non-hydrogen) atoms. The lowest BCUT2D eigenvalue weighted by Crippen LogP contribution is -2.43. The zero-order chi connectivity index (χ0) is 37.0. The van der Waals surface area contributed by atoms with Crippen molar-refractivity contribution in [2.24, 2.45) is 17.8 Å². The molecule has 0 spiro atoms. The van der Waals surface area contributed by atoms with Crippen molar-refractivity contribution in [2.75, 3.05) is 26.2 Å². The van der Waals surface area contributed by atoms with Crippen LogP contribution in [0.4, 0.5) is 0 Å². The van der Waals surface area contributed by atoms with Gasteiger partial charge in [0.2, 0.25) is 0 Å². The van der Waals surface area contributed by atoms with E-state index in [9.17, 15) is 9.59 Å². The molecule has 2 atom stereocenters. The molecule has 2 aromatic carbocycles. The Morgan fingerprint density at radius 3 is 1.90 bits per heavy atom. The van der Waals surface area contributed by atoms with Crippen LogP contribution in [0, 0.1) is 17.8 Å². The van der Waals surface area contributed by atoms with Gasteiger partial charge in [0.15, 0.2) is 0 Å². The molecule has 1 aliphatic carbocycles. The minimum atomic E-state index is -0.454. The van der Waals surface area contributed by atoms with Crippen molar-refractivity contribution >= 4 is 11.9 Å². The number of carbonyl (C=O) groups excluding carboxylic acids is 2. The monoisotopic (exact) mass is 715 g/mol. The number of benzene rings is 2. The maximum Gasteiger partial charge on any atom is 0.309 e. The maximum atomic E-state index is 13.5. The summed E-state index contributed by atoms with van der Waals surface area (Å²) in [6.45, 7) is 14.7. The molecule has 2 heterocycles. The Hall–Kier alpha value is -2.70. The first-order chi connectivity index (χ1) is 25.1. The van der Waals surface area contributed by atoms with E-state index in [1.54, 1.807) is 0 Å². The van der Waals surface area contributed by atoms with Gasteiger partial charge in [0.25, 0.3) is 0 Å². The van der Waals surface area contributed by atoms with Crippen LogP contribution in [0.15, 0.2) is 42.5 Å². The van der Waals surface area contributed by atoms with E-state index in [-0.39, 0.29) is 23.8 Å². The van der Waals surface area contributed by atoms with Gasteiger partial charge in [-0.3, -0.25) is 9.59 Å². The number of nitrogens with one attached hydrogen (secondary N) is 2. The van der Waals surface area contributed by atoms with Gasteiger partial charge in [-0.2, -0.15) is 0 Å². The van der Waals surface area contributed by atoms with Crippen LogP contribution in [0.3, 0.4) is 0 Å². The van der Waals surface area contributed by atoms with Crippen LogP contribution in [-0.2, 0) is 25.5 Å². The molecule has 0 aromatic heterocycles. The molecule has 0 saturated carbocycles. The molecule has 2 N–H and O–H groups in total. The van der Waals surface area contributed by atoms with Gasteiger partial charge in [0.1, 0.15) is 11.2 Å². The van der Waals surface area contributed by atoms with E-state index in [4.69, 9.17) is 9.47 Å². The molecule has 288 valence electrons. The quantitative estimate of drug-likeness (QED) is 0.105. The van der Waals surface area contributed by atoms with E-state index in [0.29, 0.717) is 18.3 Å². The predicted molar refractivity (Wildman–Crippen MR) is 214 cm³/mol. The smallest absolute Gasteiger partial charge is 0.309 e. The SMILES string of the molecule is CCCCCCC(CCCCCCCc1ccc2c(c1)C(CC(=O)OC(C)(C)C1CCNCC1)c1ccccc1-2)C(=O)OC(C)(C)C1CCNCC1. The Labute approximate surface area is 316 Å². The summed E-state index contributed by atoms with van der Waals surface area (Å²) in [5.41, 5.74) is 5.53. The summed E-state index contributed by atoms with van der Waals surface area (Å²) in [6.07, 6.45) is 18.1. The van der Waals surface area contributed by atoms with Crippen LogP contribution in [0.25, 0.3) is 11.1 Å². The number of hydrogen-bond donors (Lipinski definition) is 2. The summed E-state index contributed by atoms with van der Waals surface area (Å²) in [5, 5.41) is 6.87. The third-order valence-corrected chi connectivity index (χ3v) is 12.6. The van der Waals surface area contributed by atoms with Crippen molar-refractivity contribution in [3.05, 3.63) is 59.2 Å². The normalized spacial score (nSPS) is 18.8. The number of carbonyl (C=O) groups is 2. The van der Waals surface area contributed by atoms with Crippen molar-refractivity contribution in [2.45, 2.75) is 161 Å². The van der Waals surface area contributed by atoms with E-state index >= 15 is 0 Å². The average Bonchev–Trinajstić information content (AvgIpc) is 3.44. The molecular weight excluding hydrogens is 645 g/mol. The van der Waals surface area contributed by atoms with Crippen LogP contribution in [-0.4, -0.2) is 49.3 Å². The zero-order valence-corrected chi connectivity index (χ0v) is 33.3. The largest absolute Gasteiger partial charge is 0.459 e. The van der Waals surface area contributed by atoms with Gasteiger partial charge >= 0.3 is 11.9 Å². The molecular formula is C46H70N2O4. The number of unbranched alkanes of at least 4 members (excludes halogenated alkanes) is 7. The fourth-order valence-electron chi connectivity index (χ4n) is 9.23. The van der Waals surface area contributed by atoms with Crippen molar-refractivity contribution < 1.29 is 19.1 Å². The van der Waals surface area contributed by atoms with Crippen molar-refractivity contribution in [1.29, 1.82) is 0 Å². The summed E-state index contributed by atoms with van der Waals surface area (Å²) < 4.78 is 12.5. The molecule has 2 aliphatic heterocycles. The van der Waals surface area contributed by atoms with Crippen LogP contribution in [0.1, 0.15) is 160 Å². The molecule has 5 rings (SSSR count). The Morgan fingerprint density at radius 1 is 0.692 bits per heavy atom. The molecule has 2 saturated heterocycles. The molecule has 2 aromatic rings. The van der Waals surface area contributed by atoms with Gasteiger partial charge in [-0.15, -0.1) is 0 Å².